The number of carboxylic acids is 1. The fourth-order valence-electron chi connectivity index (χ4n) is 3.22. The predicted octanol–water partition coefficient (Wildman–Crippen LogP) is 2.69. The maximum absolute atomic E-state index is 10.9. The third-order valence-corrected chi connectivity index (χ3v) is 4.48. The third-order valence-electron chi connectivity index (χ3n) is 4.16. The maximum Gasteiger partial charge on any atom is 0.335 e. The molecule has 2 aliphatic heterocycles. The second-order valence-electron chi connectivity index (χ2n) is 5.28. The van der Waals surface area contributed by atoms with E-state index in [1.165, 1.54) is 25.5 Å². The zero-order valence-corrected chi connectivity index (χ0v) is 11.4. The van der Waals surface area contributed by atoms with Gasteiger partial charge in [-0.25, -0.2) is 4.79 Å². The summed E-state index contributed by atoms with van der Waals surface area (Å²) in [6, 6.07) is 5.90. The molecule has 0 bridgehead atoms. The molecule has 0 aliphatic carbocycles. The lowest BCUT2D eigenvalue weighted by molar-refractivity contribution is 0.0697. The molecule has 2 atom stereocenters. The lowest BCUT2D eigenvalue weighted by Gasteiger charge is -2.22. The van der Waals surface area contributed by atoms with E-state index < -0.39 is 5.97 Å². The van der Waals surface area contributed by atoms with Crippen LogP contribution in [-0.4, -0.2) is 41.1 Å². The number of carboxylic acid groups (broad SMARTS) is 1. The zero-order chi connectivity index (χ0) is 13.4. The van der Waals surface area contributed by atoms with Gasteiger partial charge in [0.05, 0.1) is 16.3 Å². The van der Waals surface area contributed by atoms with Gasteiger partial charge < -0.3 is 10.4 Å². The van der Waals surface area contributed by atoms with Crippen molar-refractivity contribution >= 4 is 23.3 Å². The van der Waals surface area contributed by atoms with Crippen LogP contribution in [0.2, 0.25) is 5.02 Å². The molecule has 2 fully saturated rings. The third kappa shape index (κ3) is 2.42. The first kappa shape index (κ1) is 12.8. The quantitative estimate of drug-likeness (QED) is 0.894. The van der Waals surface area contributed by atoms with Crippen LogP contribution in [0, 0.1) is 0 Å². The fraction of sp³-hybridized carbons (Fsp3) is 0.500. The summed E-state index contributed by atoms with van der Waals surface area (Å²) in [5.41, 5.74) is 1.06. The van der Waals surface area contributed by atoms with Gasteiger partial charge in [-0.2, -0.15) is 0 Å². The van der Waals surface area contributed by atoms with E-state index in [2.05, 4.69) is 10.2 Å². The highest BCUT2D eigenvalue weighted by molar-refractivity contribution is 6.33. The average Bonchev–Trinajstić information content (AvgIpc) is 2.96. The van der Waals surface area contributed by atoms with Gasteiger partial charge in [0.2, 0.25) is 0 Å². The largest absolute Gasteiger partial charge is 0.478 e. The number of hydrogen-bond donors (Lipinski definition) is 2. The van der Waals surface area contributed by atoms with Gasteiger partial charge >= 0.3 is 5.97 Å². The Morgan fingerprint density at radius 3 is 2.95 bits per heavy atom. The number of nitrogens with one attached hydrogen (secondary N) is 1. The van der Waals surface area contributed by atoms with Crippen molar-refractivity contribution in [2.24, 2.45) is 0 Å². The molecule has 102 valence electrons. The van der Waals surface area contributed by atoms with E-state index in [-0.39, 0.29) is 5.56 Å². The molecule has 1 aromatic rings. The molecule has 19 heavy (non-hydrogen) atoms. The number of carbonyl (C=O) groups is 1. The highest BCUT2D eigenvalue weighted by Gasteiger charge is 2.37. The molecule has 2 unspecified atom stereocenters. The lowest BCUT2D eigenvalue weighted by Crippen LogP contribution is -2.33. The van der Waals surface area contributed by atoms with Crippen LogP contribution in [0.1, 0.15) is 29.6 Å². The van der Waals surface area contributed by atoms with Crippen LogP contribution in [0.15, 0.2) is 18.2 Å². The number of aromatic carboxylic acids is 1. The topological polar surface area (TPSA) is 52.6 Å². The number of halogens is 1. The van der Waals surface area contributed by atoms with Crippen LogP contribution in [0.5, 0.6) is 0 Å². The van der Waals surface area contributed by atoms with Crippen molar-refractivity contribution in [3.63, 3.8) is 0 Å². The van der Waals surface area contributed by atoms with Crippen molar-refractivity contribution in [1.82, 2.24) is 4.90 Å². The molecule has 0 aromatic heterocycles. The van der Waals surface area contributed by atoms with Gasteiger partial charge in [0.1, 0.15) is 0 Å². The number of rotatable bonds is 3. The number of benzene rings is 1. The van der Waals surface area contributed by atoms with E-state index in [0.717, 1.165) is 18.7 Å². The molecule has 0 amide bonds. The Bertz CT molecular complexity index is 506. The molecule has 3 rings (SSSR count). The lowest BCUT2D eigenvalue weighted by atomic mass is 10.1. The molecule has 5 heteroatoms. The molecular formula is C14H17ClN2O2. The number of anilines is 1. The second kappa shape index (κ2) is 5.02. The summed E-state index contributed by atoms with van der Waals surface area (Å²) in [4.78, 5) is 13.4. The minimum atomic E-state index is -0.948. The first-order valence-electron chi connectivity index (χ1n) is 6.68. The van der Waals surface area contributed by atoms with Crippen LogP contribution >= 0.6 is 11.6 Å². The van der Waals surface area contributed by atoms with Crippen LogP contribution < -0.4 is 5.32 Å². The maximum atomic E-state index is 10.9. The Morgan fingerprint density at radius 2 is 2.21 bits per heavy atom. The molecule has 2 heterocycles. The van der Waals surface area contributed by atoms with E-state index in [9.17, 15) is 4.79 Å². The van der Waals surface area contributed by atoms with Gasteiger partial charge in [0.25, 0.3) is 0 Å². The van der Waals surface area contributed by atoms with E-state index in [1.807, 2.05) is 0 Å². The predicted molar refractivity (Wildman–Crippen MR) is 75.0 cm³/mol. The summed E-state index contributed by atoms with van der Waals surface area (Å²) in [5, 5.41) is 12.9. The normalized spacial score (nSPS) is 26.4. The second-order valence-corrected chi connectivity index (χ2v) is 5.69. The van der Waals surface area contributed by atoms with Crippen molar-refractivity contribution in [3.05, 3.63) is 28.8 Å². The van der Waals surface area contributed by atoms with E-state index in [1.54, 1.807) is 12.1 Å². The van der Waals surface area contributed by atoms with Gasteiger partial charge in [0, 0.05) is 18.6 Å². The SMILES string of the molecule is O=C(O)c1ccc(NC2CCN3CCCC23)c(Cl)c1. The minimum absolute atomic E-state index is 0.226. The summed E-state index contributed by atoms with van der Waals surface area (Å²) < 4.78 is 0. The Morgan fingerprint density at radius 1 is 1.37 bits per heavy atom. The highest BCUT2D eigenvalue weighted by atomic mass is 35.5. The highest BCUT2D eigenvalue weighted by Crippen LogP contribution is 2.32. The molecule has 0 radical (unpaired) electrons. The zero-order valence-electron chi connectivity index (χ0n) is 10.6. The Labute approximate surface area is 117 Å². The summed E-state index contributed by atoms with van der Waals surface area (Å²) in [7, 11) is 0. The summed E-state index contributed by atoms with van der Waals surface area (Å²) in [5.74, 6) is -0.948. The Kier molecular flexibility index (Phi) is 3.37. The van der Waals surface area contributed by atoms with Gasteiger partial charge in [0.15, 0.2) is 0 Å². The van der Waals surface area contributed by atoms with Crippen LogP contribution in [-0.2, 0) is 0 Å². The molecule has 4 nitrogen and oxygen atoms in total. The van der Waals surface area contributed by atoms with Gasteiger partial charge in [-0.15, -0.1) is 0 Å². The van der Waals surface area contributed by atoms with Crippen LogP contribution in [0.3, 0.4) is 0 Å². The van der Waals surface area contributed by atoms with Gasteiger partial charge in [-0.1, -0.05) is 11.6 Å². The van der Waals surface area contributed by atoms with Crippen molar-refractivity contribution in [3.8, 4) is 0 Å². The van der Waals surface area contributed by atoms with Crippen molar-refractivity contribution in [2.75, 3.05) is 18.4 Å². The van der Waals surface area contributed by atoms with E-state index in [4.69, 9.17) is 16.7 Å². The summed E-state index contributed by atoms with van der Waals surface area (Å²) in [6.07, 6.45) is 3.64. The van der Waals surface area contributed by atoms with Gasteiger partial charge in [-0.05, 0) is 44.0 Å². The summed E-state index contributed by atoms with van der Waals surface area (Å²) in [6.45, 7) is 2.35. The molecular weight excluding hydrogens is 264 g/mol. The number of nitrogens with zero attached hydrogens (tertiary/aromatic N) is 1. The Balaban J connectivity index is 1.75. The molecule has 2 saturated heterocycles. The van der Waals surface area contributed by atoms with E-state index in [0.29, 0.717) is 17.1 Å². The molecule has 1 aromatic carbocycles. The number of hydrogen-bond acceptors (Lipinski definition) is 3. The molecule has 2 aliphatic rings. The first-order chi connectivity index (χ1) is 9.15. The Hall–Kier alpha value is -1.26. The average molecular weight is 281 g/mol. The monoisotopic (exact) mass is 280 g/mol. The first-order valence-corrected chi connectivity index (χ1v) is 7.06. The minimum Gasteiger partial charge on any atom is -0.478 e. The smallest absolute Gasteiger partial charge is 0.335 e. The van der Waals surface area contributed by atoms with Crippen LogP contribution in [0.25, 0.3) is 0 Å². The standard InChI is InChI=1S/C14H17ClN2O2/c15-10-8-9(14(18)19)3-4-11(10)16-12-5-7-17-6-1-2-13(12)17/h3-4,8,12-13,16H,1-2,5-7H2,(H,18,19). The van der Waals surface area contributed by atoms with Crippen molar-refractivity contribution in [2.45, 2.75) is 31.3 Å². The molecule has 2 N–H and O–H groups in total. The fourth-order valence-corrected chi connectivity index (χ4v) is 3.45. The van der Waals surface area contributed by atoms with Crippen molar-refractivity contribution in [1.29, 1.82) is 0 Å². The number of fused-ring (bicyclic) bond motifs is 1. The molecule has 0 spiro atoms. The molecule has 0 saturated carbocycles. The van der Waals surface area contributed by atoms with Crippen molar-refractivity contribution < 1.29 is 9.90 Å². The summed E-state index contributed by atoms with van der Waals surface area (Å²) >= 11 is 6.16. The van der Waals surface area contributed by atoms with Crippen LogP contribution in [0.4, 0.5) is 5.69 Å². The van der Waals surface area contributed by atoms with Gasteiger partial charge in [-0.3, -0.25) is 4.90 Å². The van der Waals surface area contributed by atoms with E-state index >= 15 is 0 Å².